The molecule has 0 unspecified atom stereocenters. The largest absolute Gasteiger partial charge is 0.497 e. The first-order valence-electron chi connectivity index (χ1n) is 6.24. The molecule has 4 nitrogen and oxygen atoms in total. The third-order valence-corrected chi connectivity index (χ3v) is 3.44. The number of benzene rings is 2. The molecule has 0 bridgehead atoms. The molecular formula is C15H15Cl2NO3. The lowest BCUT2D eigenvalue weighted by molar-refractivity contribution is 0.218. The molecule has 0 radical (unpaired) electrons. The second-order valence-electron chi connectivity index (χ2n) is 4.18. The summed E-state index contributed by atoms with van der Waals surface area (Å²) in [7, 11) is 1.62. The highest BCUT2D eigenvalue weighted by atomic mass is 35.5. The third kappa shape index (κ3) is 4.34. The molecule has 0 aromatic heterocycles. The number of hydrogen-bond acceptors (Lipinski definition) is 4. The minimum atomic E-state index is 0.341. The molecule has 0 fully saturated rings. The molecule has 112 valence electrons. The van der Waals surface area contributed by atoms with Crippen LogP contribution in [0.1, 0.15) is 0 Å². The van der Waals surface area contributed by atoms with Gasteiger partial charge in [0, 0.05) is 6.07 Å². The van der Waals surface area contributed by atoms with Crippen LogP contribution in [0.4, 0.5) is 5.69 Å². The van der Waals surface area contributed by atoms with Gasteiger partial charge in [0.2, 0.25) is 0 Å². The van der Waals surface area contributed by atoms with Crippen LogP contribution in [0.5, 0.6) is 17.2 Å². The molecular weight excluding hydrogens is 313 g/mol. The number of anilines is 1. The maximum absolute atomic E-state index is 5.91. The number of rotatable bonds is 6. The molecule has 2 aromatic carbocycles. The van der Waals surface area contributed by atoms with E-state index in [-0.39, 0.29) is 0 Å². The van der Waals surface area contributed by atoms with Gasteiger partial charge < -0.3 is 19.9 Å². The molecule has 0 saturated carbocycles. The molecule has 6 heteroatoms. The van der Waals surface area contributed by atoms with Gasteiger partial charge in [0.25, 0.3) is 0 Å². The van der Waals surface area contributed by atoms with Gasteiger partial charge in [-0.15, -0.1) is 0 Å². The topological polar surface area (TPSA) is 53.7 Å². The number of methoxy groups -OCH3 is 1. The van der Waals surface area contributed by atoms with Crippen LogP contribution < -0.4 is 19.9 Å². The van der Waals surface area contributed by atoms with Crippen LogP contribution in [0.2, 0.25) is 10.0 Å². The zero-order chi connectivity index (χ0) is 15.2. The van der Waals surface area contributed by atoms with Crippen LogP contribution in [0, 0.1) is 0 Å². The lowest BCUT2D eigenvalue weighted by Gasteiger charge is -2.11. The molecule has 0 aliphatic rings. The minimum Gasteiger partial charge on any atom is -0.497 e. The third-order valence-electron chi connectivity index (χ3n) is 2.72. The number of nitrogen functional groups attached to an aromatic ring is 1. The average Bonchev–Trinajstić information content (AvgIpc) is 2.49. The van der Waals surface area contributed by atoms with Crippen LogP contribution in [0.3, 0.4) is 0 Å². The van der Waals surface area contributed by atoms with Crippen LogP contribution in [0.25, 0.3) is 0 Å². The monoisotopic (exact) mass is 327 g/mol. The van der Waals surface area contributed by atoms with Crippen molar-refractivity contribution in [3.05, 3.63) is 46.4 Å². The van der Waals surface area contributed by atoms with Gasteiger partial charge in [-0.3, -0.25) is 0 Å². The second kappa shape index (κ2) is 7.29. The minimum absolute atomic E-state index is 0.341. The summed E-state index contributed by atoms with van der Waals surface area (Å²) in [5.41, 5.74) is 6.23. The predicted molar refractivity (Wildman–Crippen MR) is 84.9 cm³/mol. The maximum Gasteiger partial charge on any atom is 0.143 e. The van der Waals surface area contributed by atoms with E-state index in [1.54, 1.807) is 19.2 Å². The van der Waals surface area contributed by atoms with Gasteiger partial charge in [-0.05, 0) is 30.3 Å². The molecule has 2 rings (SSSR count). The van der Waals surface area contributed by atoms with Crippen molar-refractivity contribution in [3.63, 3.8) is 0 Å². The van der Waals surface area contributed by atoms with Crippen LogP contribution >= 0.6 is 23.2 Å². The second-order valence-corrected chi connectivity index (χ2v) is 4.99. The van der Waals surface area contributed by atoms with Crippen LogP contribution in [-0.2, 0) is 0 Å². The Morgan fingerprint density at radius 2 is 1.48 bits per heavy atom. The van der Waals surface area contributed by atoms with E-state index in [4.69, 9.17) is 43.1 Å². The highest BCUT2D eigenvalue weighted by molar-refractivity contribution is 6.42. The highest BCUT2D eigenvalue weighted by Crippen LogP contribution is 2.32. The maximum atomic E-state index is 5.91. The molecule has 0 atom stereocenters. The summed E-state index contributed by atoms with van der Waals surface area (Å²) in [4.78, 5) is 0. The lowest BCUT2D eigenvalue weighted by atomic mass is 10.3. The number of hydrogen-bond donors (Lipinski definition) is 1. The summed E-state index contributed by atoms with van der Waals surface area (Å²) in [6.45, 7) is 0.722. The number of nitrogens with two attached hydrogens (primary N) is 1. The van der Waals surface area contributed by atoms with Crippen LogP contribution in [-0.4, -0.2) is 20.3 Å². The summed E-state index contributed by atoms with van der Waals surface area (Å²) in [5, 5.41) is 0.799. The van der Waals surface area contributed by atoms with Crippen molar-refractivity contribution in [1.82, 2.24) is 0 Å². The van der Waals surface area contributed by atoms with Crippen molar-refractivity contribution in [2.24, 2.45) is 0 Å². The van der Waals surface area contributed by atoms with Gasteiger partial charge in [0.15, 0.2) is 0 Å². The Labute approximate surface area is 133 Å². The first-order chi connectivity index (χ1) is 10.1. The molecule has 0 aliphatic heterocycles. The summed E-state index contributed by atoms with van der Waals surface area (Å²) in [5.74, 6) is 2.01. The van der Waals surface area contributed by atoms with Gasteiger partial charge in [-0.2, -0.15) is 0 Å². The van der Waals surface area contributed by atoms with Crippen molar-refractivity contribution in [2.45, 2.75) is 0 Å². The lowest BCUT2D eigenvalue weighted by Crippen LogP contribution is -2.10. The summed E-state index contributed by atoms with van der Waals surface area (Å²) in [6.07, 6.45) is 0. The Balaban J connectivity index is 1.83. The normalized spacial score (nSPS) is 10.2. The molecule has 2 N–H and O–H groups in total. The summed E-state index contributed by atoms with van der Waals surface area (Å²) in [6, 6.07) is 10.5. The fourth-order valence-electron chi connectivity index (χ4n) is 1.65. The van der Waals surface area contributed by atoms with Crippen molar-refractivity contribution < 1.29 is 14.2 Å². The van der Waals surface area contributed by atoms with Gasteiger partial charge in [-0.1, -0.05) is 23.2 Å². The molecule has 0 aliphatic carbocycles. The quantitative estimate of drug-likeness (QED) is 0.642. The van der Waals surface area contributed by atoms with E-state index in [0.717, 1.165) is 11.5 Å². The summed E-state index contributed by atoms with van der Waals surface area (Å²) < 4.78 is 16.1. The molecule has 0 spiro atoms. The van der Waals surface area contributed by atoms with E-state index >= 15 is 0 Å². The van der Waals surface area contributed by atoms with E-state index in [1.165, 1.54) is 0 Å². The van der Waals surface area contributed by atoms with Gasteiger partial charge in [0.1, 0.15) is 30.5 Å². The highest BCUT2D eigenvalue weighted by Gasteiger charge is 2.06. The van der Waals surface area contributed by atoms with E-state index in [0.29, 0.717) is 34.7 Å². The molecule has 0 amide bonds. The van der Waals surface area contributed by atoms with Crippen LogP contribution in [0.15, 0.2) is 36.4 Å². The molecule has 0 heterocycles. The number of ether oxygens (including phenoxy) is 3. The fourth-order valence-corrected chi connectivity index (χ4v) is 1.98. The SMILES string of the molecule is COc1ccc(OCCOc2cc(Cl)c(Cl)cc2N)cc1. The molecule has 2 aromatic rings. The van der Waals surface area contributed by atoms with Gasteiger partial charge in [-0.25, -0.2) is 0 Å². The Morgan fingerprint density at radius 3 is 2.14 bits per heavy atom. The van der Waals surface area contributed by atoms with E-state index in [9.17, 15) is 0 Å². The van der Waals surface area contributed by atoms with Crippen molar-refractivity contribution in [2.75, 3.05) is 26.1 Å². The molecule has 21 heavy (non-hydrogen) atoms. The first-order valence-corrected chi connectivity index (χ1v) is 7.00. The van der Waals surface area contributed by atoms with E-state index in [1.807, 2.05) is 24.3 Å². The Morgan fingerprint density at radius 1 is 0.905 bits per heavy atom. The van der Waals surface area contributed by atoms with Gasteiger partial charge in [0.05, 0.1) is 22.8 Å². The zero-order valence-electron chi connectivity index (χ0n) is 11.4. The zero-order valence-corrected chi connectivity index (χ0v) is 12.9. The standard InChI is InChI=1S/C15H15Cl2NO3/c1-19-10-2-4-11(5-3-10)20-6-7-21-15-9-13(17)12(16)8-14(15)18/h2-5,8-9H,6-7,18H2,1H3. The Bertz CT molecular complexity index is 603. The van der Waals surface area contributed by atoms with Gasteiger partial charge >= 0.3 is 0 Å². The van der Waals surface area contributed by atoms with Crippen molar-refractivity contribution >= 4 is 28.9 Å². The van der Waals surface area contributed by atoms with Crippen molar-refractivity contribution in [3.8, 4) is 17.2 Å². The molecule has 0 saturated heterocycles. The van der Waals surface area contributed by atoms with Crippen molar-refractivity contribution in [1.29, 1.82) is 0 Å². The van der Waals surface area contributed by atoms with E-state index < -0.39 is 0 Å². The smallest absolute Gasteiger partial charge is 0.143 e. The first kappa shape index (κ1) is 15.6. The van der Waals surface area contributed by atoms with E-state index in [2.05, 4.69) is 0 Å². The number of halogens is 2. The predicted octanol–water partition coefficient (Wildman–Crippen LogP) is 4.04. The summed E-state index contributed by atoms with van der Waals surface area (Å²) >= 11 is 11.8. The average molecular weight is 328 g/mol. The Hall–Kier alpha value is -1.78. The fraction of sp³-hybridized carbons (Fsp3) is 0.200. The Kier molecular flexibility index (Phi) is 5.42.